The Labute approximate surface area is 74.8 Å². The molecule has 0 bridgehead atoms. The molecule has 0 aliphatic rings. The van der Waals surface area contributed by atoms with Gasteiger partial charge in [0.25, 0.3) is 0 Å². The first-order chi connectivity index (χ1) is 2.27. The zero-order chi connectivity index (χ0) is 4.28. The Hall–Kier alpha value is 0.855. The maximum Gasteiger partial charge on any atom is 0.0800 e. The molecular weight excluding hydrogens is 232 g/mol. The summed E-state index contributed by atoms with van der Waals surface area (Å²) >= 11 is 0. The molecule has 9 heavy (non-hydrogen) atoms. The second-order valence-corrected chi connectivity index (χ2v) is 0.836. The van der Waals surface area contributed by atoms with Crippen LogP contribution in [0.2, 0.25) is 0 Å². The summed E-state index contributed by atoms with van der Waals surface area (Å²) in [4.78, 5) is 0. The Morgan fingerprint density at radius 1 is 1.11 bits per heavy atom. The number of rotatable bonds is 1. The molecule has 0 atom stereocenters. The monoisotopic (exact) mass is 237 g/mol. The normalized spacial score (nSPS) is 5.11. The van der Waals surface area contributed by atoms with Gasteiger partial charge in [0, 0.05) is 34.7 Å². The van der Waals surface area contributed by atoms with Crippen LogP contribution in [0.3, 0.4) is 0 Å². The molecule has 0 aliphatic carbocycles. The Bertz CT molecular complexity index is 69.1. The molecule has 60 valence electrons. The standard InChI is InChI=1S/2Cr.HO4S.2H2O/c;;1-4-5(2)3;;/h;;1H;2*1H2/q;;-1;;. The van der Waals surface area contributed by atoms with E-state index in [9.17, 15) is 0 Å². The van der Waals surface area contributed by atoms with Crippen molar-refractivity contribution in [2.24, 2.45) is 0 Å². The minimum Gasteiger partial charge on any atom is -0.412 e. The Kier molecular flexibility index (Phi) is 84.4. The molecule has 6 nitrogen and oxygen atoms in total. The molecule has 0 aromatic heterocycles. The van der Waals surface area contributed by atoms with Crippen molar-refractivity contribution in [3.05, 3.63) is 0 Å². The fourth-order valence-electron chi connectivity index (χ4n) is 0. The van der Waals surface area contributed by atoms with Crippen LogP contribution < -0.4 is 0 Å². The van der Waals surface area contributed by atoms with Crippen LogP contribution in [0, 0.1) is 0 Å². The molecule has 0 saturated carbocycles. The summed E-state index contributed by atoms with van der Waals surface area (Å²) in [7, 11) is -2.77. The van der Waals surface area contributed by atoms with Crippen molar-refractivity contribution < 1.29 is 63.7 Å². The predicted molar refractivity (Wildman–Crippen MR) is 19.7 cm³/mol. The SMILES string of the molecule is O.O.O=[S-](=O)OO.[Cr].[Cr]. The van der Waals surface area contributed by atoms with Gasteiger partial charge in [-0.2, -0.15) is 0 Å². The summed E-state index contributed by atoms with van der Waals surface area (Å²) in [6.45, 7) is 0. The molecule has 0 radical (unpaired) electrons. The molecule has 9 heteroatoms. The summed E-state index contributed by atoms with van der Waals surface area (Å²) in [5.74, 6) is 0. The summed E-state index contributed by atoms with van der Waals surface area (Å²) in [6, 6.07) is 0. The molecule has 0 aromatic carbocycles. The first-order valence-electron chi connectivity index (χ1n) is 0.683. The Morgan fingerprint density at radius 3 is 1.22 bits per heavy atom. The molecular formula is H5Cr2O6S-. The van der Waals surface area contributed by atoms with Crippen molar-refractivity contribution >= 4 is 11.0 Å². The summed E-state index contributed by atoms with van der Waals surface area (Å²) in [6.07, 6.45) is 0. The minimum absolute atomic E-state index is 0. The van der Waals surface area contributed by atoms with Crippen LogP contribution in [0.5, 0.6) is 0 Å². The zero-order valence-electron chi connectivity index (χ0n) is 3.90. The number of hydrogen-bond acceptors (Lipinski definition) is 5. The van der Waals surface area contributed by atoms with E-state index < -0.39 is 11.0 Å². The molecule has 0 spiro atoms. The molecule has 0 rings (SSSR count). The van der Waals surface area contributed by atoms with E-state index in [0.29, 0.717) is 0 Å². The average Bonchev–Trinajstić information content (AvgIpc) is 1.38. The van der Waals surface area contributed by atoms with E-state index in [1.807, 2.05) is 0 Å². The topological polar surface area (TPSA) is 127 Å². The smallest absolute Gasteiger partial charge is 0.0800 e. The molecule has 0 saturated heterocycles. The molecule has 0 unspecified atom stereocenters. The van der Waals surface area contributed by atoms with Gasteiger partial charge in [0.1, 0.15) is 0 Å². The van der Waals surface area contributed by atoms with Gasteiger partial charge in [0.15, 0.2) is 0 Å². The van der Waals surface area contributed by atoms with Crippen LogP contribution in [0.15, 0.2) is 0 Å². The second kappa shape index (κ2) is 23.2. The molecule has 0 fully saturated rings. The first kappa shape index (κ1) is 32.8. The van der Waals surface area contributed by atoms with Gasteiger partial charge in [-0.3, -0.25) is 9.59 Å². The van der Waals surface area contributed by atoms with Crippen LogP contribution >= 0.6 is 0 Å². The van der Waals surface area contributed by atoms with Crippen molar-refractivity contribution in [1.82, 2.24) is 0 Å². The van der Waals surface area contributed by atoms with E-state index in [4.69, 9.17) is 13.7 Å². The van der Waals surface area contributed by atoms with E-state index in [0.717, 1.165) is 0 Å². The third kappa shape index (κ3) is 51.1. The molecule has 0 amide bonds. The maximum atomic E-state index is 8.90. The largest absolute Gasteiger partial charge is 0.412 e. The van der Waals surface area contributed by atoms with Gasteiger partial charge in [0.2, 0.25) is 0 Å². The van der Waals surface area contributed by atoms with Gasteiger partial charge in [-0.05, 0) is 0 Å². The third-order valence-corrected chi connectivity index (χ3v) is 0.183. The average molecular weight is 237 g/mol. The third-order valence-electron chi connectivity index (χ3n) is 0.0609. The van der Waals surface area contributed by atoms with Gasteiger partial charge in [-0.15, -0.1) is 0 Å². The van der Waals surface area contributed by atoms with Crippen molar-refractivity contribution in [1.29, 1.82) is 0 Å². The summed E-state index contributed by atoms with van der Waals surface area (Å²) < 4.78 is 20.5. The van der Waals surface area contributed by atoms with Crippen molar-refractivity contribution in [2.45, 2.75) is 0 Å². The quantitative estimate of drug-likeness (QED) is 0.323. The Balaban J connectivity index is -0.0000000133. The number of hydrogen-bond donors (Lipinski definition) is 1. The minimum atomic E-state index is -2.77. The van der Waals surface area contributed by atoms with Crippen LogP contribution in [-0.2, 0) is 58.5 Å². The van der Waals surface area contributed by atoms with Crippen molar-refractivity contribution in [3.63, 3.8) is 0 Å². The zero-order valence-corrected chi connectivity index (χ0v) is 7.26. The van der Waals surface area contributed by atoms with Gasteiger partial charge in [-0.25, -0.2) is 0 Å². The molecule has 0 aromatic rings. The van der Waals surface area contributed by atoms with E-state index >= 15 is 0 Å². The first-order valence-corrected chi connectivity index (χ1v) is 1.68. The van der Waals surface area contributed by atoms with E-state index in [1.165, 1.54) is 0 Å². The molecule has 0 aliphatic heterocycles. The summed E-state index contributed by atoms with van der Waals surface area (Å²) in [5.41, 5.74) is 0. The fourth-order valence-corrected chi connectivity index (χ4v) is 0. The summed E-state index contributed by atoms with van der Waals surface area (Å²) in [5, 5.41) is 7.03. The van der Waals surface area contributed by atoms with E-state index in [2.05, 4.69) is 4.33 Å². The van der Waals surface area contributed by atoms with Crippen LogP contribution in [0.4, 0.5) is 0 Å². The van der Waals surface area contributed by atoms with Crippen LogP contribution in [-0.4, -0.2) is 16.2 Å². The van der Waals surface area contributed by atoms with E-state index in [-0.39, 0.29) is 45.7 Å². The Morgan fingerprint density at radius 2 is 1.22 bits per heavy atom. The van der Waals surface area contributed by atoms with Crippen molar-refractivity contribution in [2.75, 3.05) is 0 Å². The van der Waals surface area contributed by atoms with E-state index in [1.54, 1.807) is 0 Å². The molecule has 5 N–H and O–H groups in total. The van der Waals surface area contributed by atoms with Gasteiger partial charge < -0.3 is 19.4 Å². The van der Waals surface area contributed by atoms with Gasteiger partial charge in [-0.1, -0.05) is 0 Å². The van der Waals surface area contributed by atoms with Crippen LogP contribution in [0.25, 0.3) is 0 Å². The van der Waals surface area contributed by atoms with Gasteiger partial charge in [0.05, 0.1) is 11.0 Å². The fraction of sp³-hybridized carbons (Fsp3) is 0. The van der Waals surface area contributed by atoms with Crippen molar-refractivity contribution in [3.8, 4) is 0 Å². The second-order valence-electron chi connectivity index (χ2n) is 0.279. The maximum absolute atomic E-state index is 8.90. The predicted octanol–water partition coefficient (Wildman–Crippen LogP) is -1.95. The molecule has 0 heterocycles. The van der Waals surface area contributed by atoms with Crippen LogP contribution in [0.1, 0.15) is 0 Å². The van der Waals surface area contributed by atoms with Gasteiger partial charge >= 0.3 is 0 Å².